The summed E-state index contributed by atoms with van der Waals surface area (Å²) in [5.41, 5.74) is 8.20. The molecule has 4 amide bonds. The van der Waals surface area contributed by atoms with Gasteiger partial charge >= 0.3 is 12.1 Å². The predicted octanol–water partition coefficient (Wildman–Crippen LogP) is 4.38. The number of carbonyl (C=O) groups is 2. The molecule has 36 heavy (non-hydrogen) atoms. The molecular weight excluding hydrogens is 472 g/mol. The number of primary amides is 1. The van der Waals surface area contributed by atoms with Gasteiger partial charge < -0.3 is 15.8 Å². The van der Waals surface area contributed by atoms with E-state index >= 15 is 0 Å². The Hall–Kier alpha value is -4.74. The maximum atomic E-state index is 13.8. The minimum absolute atomic E-state index is 0.0240. The molecule has 2 aromatic carbocycles. The predicted molar refractivity (Wildman–Crippen MR) is 130 cm³/mol. The van der Waals surface area contributed by atoms with Crippen LogP contribution in [0.25, 0.3) is 10.9 Å². The zero-order chi connectivity index (χ0) is 25.4. The molecule has 0 saturated carbocycles. The van der Waals surface area contributed by atoms with Crippen molar-refractivity contribution in [3.8, 4) is 5.88 Å². The van der Waals surface area contributed by atoms with E-state index in [-0.39, 0.29) is 18.2 Å². The van der Waals surface area contributed by atoms with Crippen molar-refractivity contribution < 1.29 is 23.1 Å². The standard InChI is InChI=1S/C24H21F2N7O3/c1-31-11-15-10-18(7-8-19(15)30-31)32-12-14-2-9-21(36-13-20(25)26)29-22(14)33(24(32)35)17-5-3-16(4-6-17)28-23(27)34/h2-11,20H,12-13H2,1H3,(H3,27,28,34). The molecule has 4 aromatic rings. The highest BCUT2D eigenvalue weighted by Gasteiger charge is 2.34. The van der Waals surface area contributed by atoms with Crippen molar-refractivity contribution in [3.05, 3.63) is 66.4 Å². The highest BCUT2D eigenvalue weighted by Crippen LogP contribution is 2.37. The van der Waals surface area contributed by atoms with Gasteiger partial charge in [-0.1, -0.05) is 0 Å². The number of carbonyl (C=O) groups excluding carboxylic acids is 2. The molecule has 1 aliphatic heterocycles. The summed E-state index contributed by atoms with van der Waals surface area (Å²) in [5.74, 6) is 0.241. The summed E-state index contributed by atoms with van der Waals surface area (Å²) < 4.78 is 32.1. The molecule has 0 unspecified atom stereocenters. The fraction of sp³-hybridized carbons (Fsp3) is 0.167. The molecule has 5 rings (SSSR count). The molecule has 184 valence electrons. The number of aromatic nitrogens is 3. The van der Waals surface area contributed by atoms with E-state index in [1.165, 1.54) is 11.0 Å². The lowest BCUT2D eigenvalue weighted by Crippen LogP contribution is -2.45. The minimum Gasteiger partial charge on any atom is -0.472 e. The molecule has 2 aromatic heterocycles. The van der Waals surface area contributed by atoms with E-state index in [0.717, 1.165) is 10.9 Å². The molecule has 0 spiro atoms. The van der Waals surface area contributed by atoms with Gasteiger partial charge in [-0.25, -0.2) is 23.3 Å². The van der Waals surface area contributed by atoms with Crippen molar-refractivity contribution >= 4 is 45.8 Å². The average Bonchev–Trinajstić information content (AvgIpc) is 3.22. The van der Waals surface area contributed by atoms with E-state index < -0.39 is 25.1 Å². The van der Waals surface area contributed by atoms with Crippen molar-refractivity contribution in [1.82, 2.24) is 14.8 Å². The van der Waals surface area contributed by atoms with E-state index in [0.29, 0.717) is 22.6 Å². The molecule has 12 heteroatoms. The van der Waals surface area contributed by atoms with Gasteiger partial charge in [0.2, 0.25) is 5.88 Å². The Morgan fingerprint density at radius 2 is 1.89 bits per heavy atom. The van der Waals surface area contributed by atoms with Crippen molar-refractivity contribution in [2.75, 3.05) is 21.7 Å². The molecule has 0 aliphatic carbocycles. The Balaban J connectivity index is 1.56. The van der Waals surface area contributed by atoms with Crippen LogP contribution in [-0.2, 0) is 13.6 Å². The van der Waals surface area contributed by atoms with Crippen molar-refractivity contribution in [3.63, 3.8) is 0 Å². The SMILES string of the molecule is Cn1cc2cc(N3Cc4ccc(OCC(F)F)nc4N(c4ccc(NC(N)=O)cc4)C3=O)ccc2n1. The number of fused-ring (bicyclic) bond motifs is 2. The second kappa shape index (κ2) is 9.13. The van der Waals surface area contributed by atoms with Crippen LogP contribution in [0.3, 0.4) is 0 Å². The third-order valence-corrected chi connectivity index (χ3v) is 5.56. The van der Waals surface area contributed by atoms with Crippen molar-refractivity contribution in [1.29, 1.82) is 0 Å². The molecule has 0 fully saturated rings. The van der Waals surface area contributed by atoms with Gasteiger partial charge in [0.15, 0.2) is 6.61 Å². The fourth-order valence-corrected chi connectivity index (χ4v) is 4.03. The van der Waals surface area contributed by atoms with Crippen LogP contribution in [0.4, 0.5) is 41.2 Å². The summed E-state index contributed by atoms with van der Waals surface area (Å²) in [6.45, 7) is -0.607. The number of anilines is 4. The first-order valence-corrected chi connectivity index (χ1v) is 10.9. The zero-order valence-electron chi connectivity index (χ0n) is 19.1. The van der Waals surface area contributed by atoms with Crippen LogP contribution in [0.2, 0.25) is 0 Å². The number of nitrogens with two attached hydrogens (primary N) is 1. The number of benzene rings is 2. The minimum atomic E-state index is -2.66. The van der Waals surface area contributed by atoms with Crippen molar-refractivity contribution in [2.24, 2.45) is 12.8 Å². The Morgan fingerprint density at radius 1 is 1.14 bits per heavy atom. The highest BCUT2D eigenvalue weighted by molar-refractivity contribution is 6.11. The topological polar surface area (TPSA) is 119 Å². The summed E-state index contributed by atoms with van der Waals surface area (Å²) in [6, 6.07) is 14.0. The van der Waals surface area contributed by atoms with E-state index in [4.69, 9.17) is 10.5 Å². The summed E-state index contributed by atoms with van der Waals surface area (Å²) in [7, 11) is 1.82. The van der Waals surface area contributed by atoms with E-state index in [9.17, 15) is 18.4 Å². The second-order valence-corrected chi connectivity index (χ2v) is 8.12. The maximum absolute atomic E-state index is 13.8. The molecule has 1 aliphatic rings. The van der Waals surface area contributed by atoms with Gasteiger partial charge in [-0.05, 0) is 48.5 Å². The van der Waals surface area contributed by atoms with Gasteiger partial charge in [0.05, 0.1) is 17.7 Å². The van der Waals surface area contributed by atoms with Crippen LogP contribution < -0.4 is 25.6 Å². The zero-order valence-corrected chi connectivity index (χ0v) is 19.1. The summed E-state index contributed by atoms with van der Waals surface area (Å²) in [4.78, 5) is 32.3. The Morgan fingerprint density at radius 3 is 2.61 bits per heavy atom. The first kappa shape index (κ1) is 23.0. The van der Waals surface area contributed by atoms with Gasteiger partial charge in [0.25, 0.3) is 6.43 Å². The molecule has 0 bridgehead atoms. The van der Waals surface area contributed by atoms with Crippen LogP contribution in [-0.4, -0.2) is 39.9 Å². The van der Waals surface area contributed by atoms with Crippen LogP contribution in [0.15, 0.2) is 60.8 Å². The Kier molecular flexibility index (Phi) is 5.84. The van der Waals surface area contributed by atoms with Gasteiger partial charge in [-0.2, -0.15) is 10.1 Å². The average molecular weight is 493 g/mol. The molecule has 3 heterocycles. The number of amides is 4. The number of hydrogen-bond donors (Lipinski definition) is 2. The number of rotatable bonds is 6. The molecule has 3 N–H and O–H groups in total. The van der Waals surface area contributed by atoms with E-state index in [1.807, 2.05) is 31.4 Å². The van der Waals surface area contributed by atoms with Crippen LogP contribution >= 0.6 is 0 Å². The number of urea groups is 2. The molecule has 0 radical (unpaired) electrons. The third kappa shape index (κ3) is 4.48. The van der Waals surface area contributed by atoms with Crippen LogP contribution in [0.1, 0.15) is 5.56 Å². The largest absolute Gasteiger partial charge is 0.472 e. The molecular formula is C24H21F2N7O3. The third-order valence-electron chi connectivity index (χ3n) is 5.56. The number of ether oxygens (including phenoxy) is 1. The van der Waals surface area contributed by atoms with E-state index in [2.05, 4.69) is 15.4 Å². The Bertz CT molecular complexity index is 1460. The smallest absolute Gasteiger partial charge is 0.335 e. The fourth-order valence-electron chi connectivity index (χ4n) is 4.03. The lowest BCUT2D eigenvalue weighted by atomic mass is 10.1. The quantitative estimate of drug-likeness (QED) is 0.413. The lowest BCUT2D eigenvalue weighted by molar-refractivity contribution is 0.0796. The molecule has 10 nitrogen and oxygen atoms in total. The van der Waals surface area contributed by atoms with E-state index in [1.54, 1.807) is 39.9 Å². The normalized spacial score (nSPS) is 13.3. The number of pyridine rings is 1. The number of alkyl halides is 2. The van der Waals surface area contributed by atoms with Gasteiger partial charge in [0, 0.05) is 41.6 Å². The maximum Gasteiger partial charge on any atom is 0.335 e. The number of aryl methyl sites for hydroxylation is 1. The molecule has 0 saturated heterocycles. The first-order valence-electron chi connectivity index (χ1n) is 10.9. The van der Waals surface area contributed by atoms with Crippen molar-refractivity contribution in [2.45, 2.75) is 13.0 Å². The lowest BCUT2D eigenvalue weighted by Gasteiger charge is -2.36. The Labute approximate surface area is 203 Å². The summed E-state index contributed by atoms with van der Waals surface area (Å²) >= 11 is 0. The number of nitrogens with one attached hydrogen (secondary N) is 1. The highest BCUT2D eigenvalue weighted by atomic mass is 19.3. The monoisotopic (exact) mass is 493 g/mol. The molecule has 0 atom stereocenters. The summed E-state index contributed by atoms with van der Waals surface area (Å²) in [5, 5.41) is 7.71. The van der Waals surface area contributed by atoms with Gasteiger partial charge in [0.1, 0.15) is 5.82 Å². The second-order valence-electron chi connectivity index (χ2n) is 8.12. The number of hydrogen-bond acceptors (Lipinski definition) is 5. The van der Waals surface area contributed by atoms with Gasteiger partial charge in [-0.15, -0.1) is 0 Å². The number of halogens is 2. The number of nitrogens with zero attached hydrogens (tertiary/aromatic N) is 5. The van der Waals surface area contributed by atoms with Crippen LogP contribution in [0, 0.1) is 0 Å². The van der Waals surface area contributed by atoms with Gasteiger partial charge in [-0.3, -0.25) is 9.58 Å². The first-order chi connectivity index (χ1) is 17.3. The van der Waals surface area contributed by atoms with Crippen LogP contribution in [0.5, 0.6) is 5.88 Å². The summed E-state index contributed by atoms with van der Waals surface area (Å²) in [6.07, 6.45) is -0.804.